The second-order valence-corrected chi connectivity index (χ2v) is 13.3. The van der Waals surface area contributed by atoms with Crippen molar-refractivity contribution in [2.75, 3.05) is 40.0 Å². The summed E-state index contributed by atoms with van der Waals surface area (Å²) in [5.74, 6) is -2.55. The maximum absolute atomic E-state index is 14.5. The monoisotopic (exact) mass is 613 g/mol. The number of hydrogen-bond donors (Lipinski definition) is 0. The number of imidazole rings is 1. The molecule has 1 aliphatic carbocycles. The van der Waals surface area contributed by atoms with Gasteiger partial charge in [0.15, 0.2) is 22.7 Å². The van der Waals surface area contributed by atoms with Crippen LogP contribution in [0.15, 0.2) is 4.79 Å². The topological polar surface area (TPSA) is 127 Å². The predicted molar refractivity (Wildman–Crippen MR) is 162 cm³/mol. The van der Waals surface area contributed by atoms with Gasteiger partial charge in [0.2, 0.25) is 17.5 Å². The third-order valence-corrected chi connectivity index (χ3v) is 10.6. The molecule has 12 nitrogen and oxygen atoms in total. The van der Waals surface area contributed by atoms with Crippen LogP contribution >= 0.6 is 0 Å². The molecule has 0 bridgehead atoms. The van der Waals surface area contributed by atoms with Crippen LogP contribution in [0.25, 0.3) is 11.2 Å². The summed E-state index contributed by atoms with van der Waals surface area (Å²) in [6, 6.07) is -0.0502. The van der Waals surface area contributed by atoms with Gasteiger partial charge in [0.25, 0.3) is 0 Å². The number of ether oxygens (including phenoxy) is 4. The number of ketones is 2. The number of likely N-dealkylation sites (tertiary alicyclic amines) is 1. The Labute approximate surface area is 258 Å². The zero-order valence-electron chi connectivity index (χ0n) is 26.8. The predicted octanol–water partition coefficient (Wildman–Crippen LogP) is 3.44. The molecule has 12 heteroatoms. The van der Waals surface area contributed by atoms with Crippen molar-refractivity contribution in [3.05, 3.63) is 16.3 Å². The largest absolute Gasteiger partial charge is 0.471 e. The van der Waals surface area contributed by atoms with E-state index in [0.29, 0.717) is 69.7 Å². The fourth-order valence-electron chi connectivity index (χ4n) is 8.00. The highest BCUT2D eigenvalue weighted by Gasteiger charge is 2.60. The molecule has 1 spiro atoms. The van der Waals surface area contributed by atoms with Crippen LogP contribution in [-0.2, 0) is 26.1 Å². The molecule has 5 atom stereocenters. The van der Waals surface area contributed by atoms with Gasteiger partial charge in [-0.3, -0.25) is 23.6 Å². The minimum absolute atomic E-state index is 0.105. The summed E-state index contributed by atoms with van der Waals surface area (Å²) in [7, 11) is 3.75. The van der Waals surface area contributed by atoms with Crippen molar-refractivity contribution < 1.29 is 28.5 Å². The number of aryl methyl sites for hydroxylation is 1. The summed E-state index contributed by atoms with van der Waals surface area (Å²) in [5, 5.41) is 0. The Balaban J connectivity index is 1.44. The number of hydrogen-bond acceptors (Lipinski definition) is 10. The number of nitrogens with zero attached hydrogens (tertiary/aromatic N) is 5. The van der Waals surface area contributed by atoms with Crippen LogP contribution in [0.4, 0.5) is 0 Å². The van der Waals surface area contributed by atoms with Crippen molar-refractivity contribution in [1.29, 1.82) is 0 Å². The third kappa shape index (κ3) is 5.11. The molecule has 1 saturated carbocycles. The summed E-state index contributed by atoms with van der Waals surface area (Å²) < 4.78 is 27.5. The van der Waals surface area contributed by atoms with Gasteiger partial charge in [0.1, 0.15) is 6.10 Å². The Kier molecular flexibility index (Phi) is 8.73. The molecule has 2 aromatic heterocycles. The number of carbonyl (C=O) groups is 2. The summed E-state index contributed by atoms with van der Waals surface area (Å²) in [6.07, 6.45) is 6.40. The van der Waals surface area contributed by atoms with Gasteiger partial charge in [-0.25, -0.2) is 9.78 Å². The lowest BCUT2D eigenvalue weighted by Gasteiger charge is -2.47. The maximum atomic E-state index is 14.5. The van der Waals surface area contributed by atoms with Crippen molar-refractivity contribution in [2.45, 2.75) is 103 Å². The molecular weight excluding hydrogens is 566 g/mol. The quantitative estimate of drug-likeness (QED) is 0.290. The first kappa shape index (κ1) is 31.3. The van der Waals surface area contributed by atoms with Crippen LogP contribution in [0.3, 0.4) is 0 Å². The molecule has 6 rings (SSSR count). The average molecular weight is 614 g/mol. The highest BCUT2D eigenvalue weighted by molar-refractivity contribution is 6.11. The van der Waals surface area contributed by atoms with Gasteiger partial charge in [0.05, 0.1) is 37.2 Å². The second kappa shape index (κ2) is 12.3. The van der Waals surface area contributed by atoms with E-state index in [-0.39, 0.29) is 41.4 Å². The minimum Gasteiger partial charge on any atom is -0.471 e. The van der Waals surface area contributed by atoms with Crippen molar-refractivity contribution in [1.82, 2.24) is 24.0 Å². The first-order valence-electron chi connectivity index (χ1n) is 16.4. The standard InChI is InChI=1S/C32H47N5O7/c1-6-10-22(26(39)31(3)13-7-8-14-32(31)42-17-18-43-32)25(38)27-33-28-24(36(5)30(40)37(28)21-12-16-41-19-21)29(34-27)44-20(2)23-11-9-15-35(23)4/h20-23H,6-19H2,1-5H3/t20-,21+,22?,23-,31+/m0/s1. The Morgan fingerprint density at radius 3 is 2.48 bits per heavy atom. The lowest BCUT2D eigenvalue weighted by atomic mass is 9.64. The van der Waals surface area contributed by atoms with E-state index in [2.05, 4.69) is 11.9 Å². The van der Waals surface area contributed by atoms with E-state index in [4.69, 9.17) is 28.9 Å². The summed E-state index contributed by atoms with van der Waals surface area (Å²) in [6.45, 7) is 8.61. The summed E-state index contributed by atoms with van der Waals surface area (Å²) in [5.41, 5.74) is -0.467. The van der Waals surface area contributed by atoms with Crippen molar-refractivity contribution in [3.8, 4) is 5.88 Å². The Hall–Kier alpha value is -2.67. The van der Waals surface area contributed by atoms with E-state index in [9.17, 15) is 14.4 Å². The maximum Gasteiger partial charge on any atom is 0.330 e. The number of rotatable bonds is 10. The van der Waals surface area contributed by atoms with Crippen LogP contribution in [0.2, 0.25) is 0 Å². The Morgan fingerprint density at radius 1 is 1.07 bits per heavy atom. The van der Waals surface area contributed by atoms with Gasteiger partial charge >= 0.3 is 5.69 Å². The number of aromatic nitrogens is 4. The Morgan fingerprint density at radius 2 is 1.82 bits per heavy atom. The zero-order chi connectivity index (χ0) is 31.2. The smallest absolute Gasteiger partial charge is 0.330 e. The van der Waals surface area contributed by atoms with Crippen LogP contribution in [-0.4, -0.2) is 93.5 Å². The van der Waals surface area contributed by atoms with Crippen LogP contribution in [0, 0.1) is 11.3 Å². The molecule has 4 fully saturated rings. The molecule has 1 unspecified atom stereocenters. The van der Waals surface area contributed by atoms with E-state index in [0.717, 1.165) is 32.2 Å². The SMILES string of the molecule is CCCC(C(=O)c1nc(O[C@@H](C)[C@@H]2CCCN2C)c2c(n1)n([C@@H]1CCOC1)c(=O)n2C)C(=O)[C@@]1(C)CCCCC12OCCO2. The lowest BCUT2D eigenvalue weighted by molar-refractivity contribution is -0.245. The molecule has 242 valence electrons. The van der Waals surface area contributed by atoms with Crippen molar-refractivity contribution >= 4 is 22.7 Å². The van der Waals surface area contributed by atoms with Crippen LogP contribution in [0.5, 0.6) is 5.88 Å². The first-order chi connectivity index (χ1) is 21.1. The summed E-state index contributed by atoms with van der Waals surface area (Å²) >= 11 is 0. The second-order valence-electron chi connectivity index (χ2n) is 13.3. The molecule has 0 radical (unpaired) electrons. The number of carbonyl (C=O) groups excluding carboxylic acids is 2. The number of fused-ring (bicyclic) bond motifs is 1. The zero-order valence-corrected chi connectivity index (χ0v) is 26.8. The summed E-state index contributed by atoms with van der Waals surface area (Å²) in [4.78, 5) is 54.3. The van der Waals surface area contributed by atoms with E-state index < -0.39 is 22.9 Å². The van der Waals surface area contributed by atoms with Crippen LogP contribution in [0.1, 0.15) is 95.2 Å². The van der Waals surface area contributed by atoms with Gasteiger partial charge in [-0.2, -0.15) is 4.98 Å². The van der Waals surface area contributed by atoms with Gasteiger partial charge in [-0.05, 0) is 66.0 Å². The molecule has 44 heavy (non-hydrogen) atoms. The fourth-order valence-corrected chi connectivity index (χ4v) is 8.00. The van der Waals surface area contributed by atoms with E-state index in [1.165, 1.54) is 4.57 Å². The first-order valence-corrected chi connectivity index (χ1v) is 16.4. The Bertz CT molecular complexity index is 1460. The highest BCUT2D eigenvalue weighted by atomic mass is 16.7. The molecule has 0 aromatic carbocycles. The fraction of sp³-hybridized carbons (Fsp3) is 0.781. The third-order valence-electron chi connectivity index (χ3n) is 10.6. The van der Waals surface area contributed by atoms with Gasteiger partial charge in [-0.1, -0.05) is 19.8 Å². The van der Waals surface area contributed by atoms with Crippen molar-refractivity contribution in [2.24, 2.45) is 18.4 Å². The molecule has 2 aromatic rings. The molecule has 4 aliphatic rings. The van der Waals surface area contributed by atoms with E-state index >= 15 is 0 Å². The molecular formula is C32H47N5O7. The van der Waals surface area contributed by atoms with E-state index in [1.807, 2.05) is 20.8 Å². The minimum atomic E-state index is -1.02. The van der Waals surface area contributed by atoms with Gasteiger partial charge < -0.3 is 18.9 Å². The van der Waals surface area contributed by atoms with E-state index in [1.54, 1.807) is 11.6 Å². The molecule has 3 saturated heterocycles. The van der Waals surface area contributed by atoms with Gasteiger partial charge in [0, 0.05) is 26.1 Å². The lowest BCUT2D eigenvalue weighted by Crippen LogP contribution is -2.56. The van der Waals surface area contributed by atoms with Crippen molar-refractivity contribution in [3.63, 3.8) is 0 Å². The molecule has 0 amide bonds. The molecule has 0 N–H and O–H groups in total. The molecule has 5 heterocycles. The average Bonchev–Trinajstić information content (AvgIpc) is 3.82. The van der Waals surface area contributed by atoms with Gasteiger partial charge in [-0.15, -0.1) is 0 Å². The van der Waals surface area contributed by atoms with Crippen LogP contribution < -0.4 is 10.4 Å². The number of likely N-dealkylation sites (N-methyl/N-ethyl adjacent to an activating group) is 1. The normalized spacial score (nSPS) is 28.6. The number of Topliss-reactive ketones (excluding diaryl/α,β-unsaturated/α-hetero) is 2. The highest BCUT2D eigenvalue weighted by Crippen LogP contribution is 2.51. The molecule has 3 aliphatic heterocycles.